The first kappa shape index (κ1) is 13.6. The third-order valence-corrected chi connectivity index (χ3v) is 3.20. The van der Waals surface area contributed by atoms with Gasteiger partial charge in [0.1, 0.15) is 5.82 Å². The number of anilines is 1. The zero-order valence-corrected chi connectivity index (χ0v) is 11.2. The van der Waals surface area contributed by atoms with E-state index in [-0.39, 0.29) is 18.1 Å². The summed E-state index contributed by atoms with van der Waals surface area (Å²) in [4.78, 5) is 11.9. The molecule has 1 amide bonds. The minimum Gasteiger partial charge on any atom is -0.326 e. The van der Waals surface area contributed by atoms with E-state index in [2.05, 4.69) is 5.32 Å². The molecule has 1 N–H and O–H groups in total. The predicted molar refractivity (Wildman–Crippen MR) is 74.9 cm³/mol. The molecule has 0 aliphatic carbocycles. The largest absolute Gasteiger partial charge is 0.326 e. The zero-order chi connectivity index (χ0) is 13.8. The maximum absolute atomic E-state index is 13.0. The normalized spacial score (nSPS) is 10.3. The molecule has 2 aromatic rings. The summed E-state index contributed by atoms with van der Waals surface area (Å²) in [7, 11) is 0. The zero-order valence-electron chi connectivity index (χ0n) is 10.4. The number of nitrogens with one attached hydrogen (secondary N) is 1. The van der Waals surface area contributed by atoms with Gasteiger partial charge in [-0.05, 0) is 42.3 Å². The lowest BCUT2D eigenvalue weighted by atomic mass is 10.1. The Morgan fingerprint density at radius 2 is 2.00 bits per heavy atom. The van der Waals surface area contributed by atoms with Gasteiger partial charge in [0.15, 0.2) is 0 Å². The lowest BCUT2D eigenvalue weighted by Gasteiger charge is -2.09. The maximum Gasteiger partial charge on any atom is 0.228 e. The molecule has 0 aromatic heterocycles. The van der Waals surface area contributed by atoms with E-state index < -0.39 is 0 Å². The van der Waals surface area contributed by atoms with Crippen LogP contribution >= 0.6 is 11.6 Å². The van der Waals surface area contributed by atoms with Crippen molar-refractivity contribution in [2.24, 2.45) is 0 Å². The van der Waals surface area contributed by atoms with Gasteiger partial charge < -0.3 is 5.32 Å². The van der Waals surface area contributed by atoms with Crippen molar-refractivity contribution in [2.75, 3.05) is 5.32 Å². The molecule has 0 unspecified atom stereocenters. The van der Waals surface area contributed by atoms with Crippen molar-refractivity contribution >= 4 is 23.2 Å². The molecule has 2 aromatic carbocycles. The van der Waals surface area contributed by atoms with Crippen molar-refractivity contribution in [2.45, 2.75) is 13.3 Å². The molecule has 0 saturated carbocycles. The van der Waals surface area contributed by atoms with Gasteiger partial charge in [-0.1, -0.05) is 29.8 Å². The second kappa shape index (κ2) is 5.85. The molecule has 0 bridgehead atoms. The predicted octanol–water partition coefficient (Wildman–Crippen LogP) is 3.97. The van der Waals surface area contributed by atoms with Crippen molar-refractivity contribution in [1.82, 2.24) is 0 Å². The molecule has 0 fully saturated rings. The van der Waals surface area contributed by atoms with E-state index >= 15 is 0 Å². The van der Waals surface area contributed by atoms with Gasteiger partial charge in [-0.2, -0.15) is 0 Å². The molecular formula is C15H13ClFNO. The number of hydrogen-bond donors (Lipinski definition) is 1. The summed E-state index contributed by atoms with van der Waals surface area (Å²) >= 11 is 5.98. The first-order chi connectivity index (χ1) is 9.06. The quantitative estimate of drug-likeness (QED) is 0.904. The summed E-state index contributed by atoms with van der Waals surface area (Å²) in [5, 5.41) is 3.37. The third kappa shape index (κ3) is 3.55. The van der Waals surface area contributed by atoms with Gasteiger partial charge in [-0.3, -0.25) is 4.79 Å². The van der Waals surface area contributed by atoms with Crippen LogP contribution in [0.15, 0.2) is 42.5 Å². The highest BCUT2D eigenvalue weighted by molar-refractivity contribution is 6.31. The number of carbonyl (C=O) groups is 1. The van der Waals surface area contributed by atoms with Gasteiger partial charge in [-0.25, -0.2) is 4.39 Å². The fraction of sp³-hybridized carbons (Fsp3) is 0.133. The standard InChI is InChI=1S/C15H13ClFNO/c1-10-13(16)6-3-7-14(10)18-15(19)9-11-4-2-5-12(17)8-11/h2-8H,9H2,1H3,(H,18,19). The number of benzene rings is 2. The summed E-state index contributed by atoms with van der Waals surface area (Å²) in [6, 6.07) is 11.3. The van der Waals surface area contributed by atoms with Crippen LogP contribution in [0, 0.1) is 12.7 Å². The molecule has 2 nitrogen and oxygen atoms in total. The van der Waals surface area contributed by atoms with Crippen molar-refractivity contribution < 1.29 is 9.18 Å². The fourth-order valence-corrected chi connectivity index (χ4v) is 1.94. The fourth-order valence-electron chi connectivity index (χ4n) is 1.77. The van der Waals surface area contributed by atoms with E-state index in [1.54, 1.807) is 30.3 Å². The third-order valence-electron chi connectivity index (χ3n) is 2.80. The molecule has 0 spiro atoms. The van der Waals surface area contributed by atoms with Crippen LogP contribution in [0.4, 0.5) is 10.1 Å². The molecule has 0 saturated heterocycles. The van der Waals surface area contributed by atoms with Gasteiger partial charge in [0, 0.05) is 10.7 Å². The number of rotatable bonds is 3. The second-order valence-corrected chi connectivity index (χ2v) is 4.67. The van der Waals surface area contributed by atoms with Gasteiger partial charge >= 0.3 is 0 Å². The van der Waals surface area contributed by atoms with Gasteiger partial charge in [-0.15, -0.1) is 0 Å². The Kier molecular flexibility index (Phi) is 4.17. The molecule has 19 heavy (non-hydrogen) atoms. The van der Waals surface area contributed by atoms with Crippen molar-refractivity contribution in [1.29, 1.82) is 0 Å². The summed E-state index contributed by atoms with van der Waals surface area (Å²) in [6.45, 7) is 1.83. The Hall–Kier alpha value is -1.87. The lowest BCUT2D eigenvalue weighted by Crippen LogP contribution is -2.15. The molecule has 0 heterocycles. The summed E-state index contributed by atoms with van der Waals surface area (Å²) in [5.74, 6) is -0.541. The number of halogens is 2. The first-order valence-corrected chi connectivity index (χ1v) is 6.23. The van der Waals surface area contributed by atoms with Crippen LogP contribution in [0.1, 0.15) is 11.1 Å². The van der Waals surface area contributed by atoms with Crippen molar-refractivity contribution in [3.63, 3.8) is 0 Å². The Bertz CT molecular complexity index is 613. The van der Waals surface area contributed by atoms with E-state index in [0.717, 1.165) is 5.56 Å². The molecule has 2 rings (SSSR count). The van der Waals surface area contributed by atoms with Crippen molar-refractivity contribution in [3.8, 4) is 0 Å². The summed E-state index contributed by atoms with van der Waals surface area (Å²) in [6.07, 6.45) is 0.129. The molecule has 0 aliphatic rings. The van der Waals surface area contributed by atoms with Crippen LogP contribution in [0.25, 0.3) is 0 Å². The van der Waals surface area contributed by atoms with Gasteiger partial charge in [0.05, 0.1) is 6.42 Å². The molecule has 0 aliphatic heterocycles. The average Bonchev–Trinajstić information content (AvgIpc) is 2.35. The van der Waals surface area contributed by atoms with Gasteiger partial charge in [0.25, 0.3) is 0 Å². The molecule has 0 atom stereocenters. The average molecular weight is 278 g/mol. The SMILES string of the molecule is Cc1c(Cl)cccc1NC(=O)Cc1cccc(F)c1. The van der Waals surface area contributed by atoms with Crippen LogP contribution in [-0.2, 0) is 11.2 Å². The number of hydrogen-bond acceptors (Lipinski definition) is 1. The van der Waals surface area contributed by atoms with Crippen LogP contribution < -0.4 is 5.32 Å². The van der Waals surface area contributed by atoms with Crippen LogP contribution in [-0.4, -0.2) is 5.91 Å². The Balaban J connectivity index is 2.08. The van der Waals surface area contributed by atoms with Crippen molar-refractivity contribution in [3.05, 3.63) is 64.4 Å². The smallest absolute Gasteiger partial charge is 0.228 e. The Morgan fingerprint density at radius 3 is 2.74 bits per heavy atom. The topological polar surface area (TPSA) is 29.1 Å². The Morgan fingerprint density at radius 1 is 1.26 bits per heavy atom. The van der Waals surface area contributed by atoms with Crippen LogP contribution in [0.3, 0.4) is 0 Å². The van der Waals surface area contributed by atoms with Crippen LogP contribution in [0.5, 0.6) is 0 Å². The van der Waals surface area contributed by atoms with E-state index in [1.165, 1.54) is 12.1 Å². The molecule has 0 radical (unpaired) electrons. The van der Waals surface area contributed by atoms with Gasteiger partial charge in [0.2, 0.25) is 5.91 Å². The number of amides is 1. The minimum absolute atomic E-state index is 0.129. The summed E-state index contributed by atoms with van der Waals surface area (Å²) < 4.78 is 13.0. The van der Waals surface area contributed by atoms with E-state index in [9.17, 15) is 9.18 Å². The molecule has 98 valence electrons. The monoisotopic (exact) mass is 277 g/mol. The van der Waals surface area contributed by atoms with E-state index in [1.807, 2.05) is 6.92 Å². The second-order valence-electron chi connectivity index (χ2n) is 4.27. The van der Waals surface area contributed by atoms with E-state index in [4.69, 9.17) is 11.6 Å². The molecular weight excluding hydrogens is 265 g/mol. The minimum atomic E-state index is -0.343. The van der Waals surface area contributed by atoms with E-state index in [0.29, 0.717) is 16.3 Å². The summed E-state index contributed by atoms with van der Waals surface area (Å²) in [5.41, 5.74) is 2.13. The highest BCUT2D eigenvalue weighted by atomic mass is 35.5. The molecule has 4 heteroatoms. The highest BCUT2D eigenvalue weighted by Gasteiger charge is 2.08. The number of carbonyl (C=O) groups excluding carboxylic acids is 1. The maximum atomic E-state index is 13.0. The van der Waals surface area contributed by atoms with Crippen LogP contribution in [0.2, 0.25) is 5.02 Å². The highest BCUT2D eigenvalue weighted by Crippen LogP contribution is 2.23. The first-order valence-electron chi connectivity index (χ1n) is 5.85. The Labute approximate surface area is 116 Å². The lowest BCUT2D eigenvalue weighted by molar-refractivity contribution is -0.115.